The van der Waals surface area contributed by atoms with Crippen molar-refractivity contribution < 1.29 is 14.6 Å². The molecule has 0 aliphatic carbocycles. The number of carboxylic acid groups (broad SMARTS) is 1. The minimum Gasteiger partial charge on any atom is -0.478 e. The zero-order valence-electron chi connectivity index (χ0n) is 9.56. The fourth-order valence-electron chi connectivity index (χ4n) is 1.48. The fraction of sp³-hybridized carbons (Fsp3) is 0. The van der Waals surface area contributed by atoms with Crippen LogP contribution in [0.5, 0.6) is 11.5 Å². The third-order valence-electron chi connectivity index (χ3n) is 2.35. The van der Waals surface area contributed by atoms with E-state index in [0.29, 0.717) is 15.9 Å². The molecule has 2 rings (SSSR count). The first-order valence-electron chi connectivity index (χ1n) is 5.23. The molecule has 19 heavy (non-hydrogen) atoms. The van der Waals surface area contributed by atoms with E-state index in [9.17, 15) is 4.79 Å². The molecule has 0 saturated carbocycles. The first-order valence-corrected chi connectivity index (χ1v) is 6.81. The highest BCUT2D eigenvalue weighted by molar-refractivity contribution is 9.11. The number of nitrogen functional groups attached to an aromatic ring is 1. The highest BCUT2D eigenvalue weighted by atomic mass is 79.9. The molecule has 0 unspecified atom stereocenters. The van der Waals surface area contributed by atoms with Crippen molar-refractivity contribution in [2.45, 2.75) is 0 Å². The maximum Gasteiger partial charge on any atom is 0.339 e. The summed E-state index contributed by atoms with van der Waals surface area (Å²) in [6.45, 7) is 0. The van der Waals surface area contributed by atoms with E-state index in [1.54, 1.807) is 12.1 Å². The first-order chi connectivity index (χ1) is 8.97. The molecule has 0 aromatic heterocycles. The second kappa shape index (κ2) is 5.63. The molecule has 4 nitrogen and oxygen atoms in total. The van der Waals surface area contributed by atoms with Crippen molar-refractivity contribution in [3.63, 3.8) is 0 Å². The molecule has 0 amide bonds. The molecule has 0 atom stereocenters. The Bertz CT molecular complexity index is 644. The number of hydrogen-bond acceptors (Lipinski definition) is 3. The number of ether oxygens (including phenoxy) is 1. The molecular weight excluding hydrogens is 378 g/mol. The topological polar surface area (TPSA) is 72.6 Å². The molecule has 0 spiro atoms. The van der Waals surface area contributed by atoms with Gasteiger partial charge in [0.1, 0.15) is 17.1 Å². The summed E-state index contributed by atoms with van der Waals surface area (Å²) in [4.78, 5) is 11.1. The molecule has 0 aliphatic heterocycles. The van der Waals surface area contributed by atoms with Gasteiger partial charge < -0.3 is 15.6 Å². The zero-order chi connectivity index (χ0) is 14.0. The van der Waals surface area contributed by atoms with Gasteiger partial charge in [-0.25, -0.2) is 4.79 Å². The van der Waals surface area contributed by atoms with Gasteiger partial charge >= 0.3 is 5.97 Å². The van der Waals surface area contributed by atoms with Crippen LogP contribution < -0.4 is 10.5 Å². The minimum atomic E-state index is -1.07. The van der Waals surface area contributed by atoms with E-state index < -0.39 is 5.97 Å². The molecule has 2 aromatic rings. The van der Waals surface area contributed by atoms with Gasteiger partial charge in [-0.3, -0.25) is 0 Å². The van der Waals surface area contributed by atoms with Crippen molar-refractivity contribution in [2.24, 2.45) is 0 Å². The quantitative estimate of drug-likeness (QED) is 0.772. The molecule has 3 N–H and O–H groups in total. The van der Waals surface area contributed by atoms with Crippen LogP contribution in [0.2, 0.25) is 0 Å². The van der Waals surface area contributed by atoms with Gasteiger partial charge in [-0.2, -0.15) is 0 Å². The lowest BCUT2D eigenvalue weighted by Gasteiger charge is -2.11. The number of aromatic carboxylic acids is 1. The van der Waals surface area contributed by atoms with Gasteiger partial charge in [0.2, 0.25) is 0 Å². The van der Waals surface area contributed by atoms with Crippen LogP contribution >= 0.6 is 31.9 Å². The molecule has 0 saturated heterocycles. The molecule has 0 aliphatic rings. The summed E-state index contributed by atoms with van der Waals surface area (Å²) in [5.41, 5.74) is 6.15. The Balaban J connectivity index is 2.42. The Morgan fingerprint density at radius 1 is 1.11 bits per heavy atom. The summed E-state index contributed by atoms with van der Waals surface area (Å²) < 4.78 is 7.20. The van der Waals surface area contributed by atoms with E-state index in [-0.39, 0.29) is 11.3 Å². The Hall–Kier alpha value is -1.53. The maximum absolute atomic E-state index is 11.1. The Morgan fingerprint density at radius 2 is 1.84 bits per heavy atom. The molecule has 0 radical (unpaired) electrons. The summed E-state index contributed by atoms with van der Waals surface area (Å²) in [6.07, 6.45) is 0. The van der Waals surface area contributed by atoms with Crippen LogP contribution in [0.15, 0.2) is 45.3 Å². The van der Waals surface area contributed by atoms with Crippen molar-refractivity contribution in [1.29, 1.82) is 0 Å². The number of rotatable bonds is 3. The zero-order valence-corrected chi connectivity index (χ0v) is 12.7. The Morgan fingerprint density at radius 3 is 2.47 bits per heavy atom. The monoisotopic (exact) mass is 385 g/mol. The molecule has 98 valence electrons. The molecular formula is C13H9Br2NO3. The van der Waals surface area contributed by atoms with E-state index in [1.807, 2.05) is 6.07 Å². The lowest BCUT2D eigenvalue weighted by Crippen LogP contribution is -2.01. The Kier molecular flexibility index (Phi) is 4.11. The largest absolute Gasteiger partial charge is 0.478 e. The number of hydrogen-bond donors (Lipinski definition) is 2. The highest BCUT2D eigenvalue weighted by Crippen LogP contribution is 2.34. The van der Waals surface area contributed by atoms with Crippen LogP contribution in [0.1, 0.15) is 10.4 Å². The number of benzene rings is 2. The van der Waals surface area contributed by atoms with E-state index in [1.165, 1.54) is 18.2 Å². The molecule has 2 aromatic carbocycles. The van der Waals surface area contributed by atoms with E-state index in [2.05, 4.69) is 31.9 Å². The average molecular weight is 387 g/mol. The molecule has 6 heteroatoms. The number of halogens is 2. The summed E-state index contributed by atoms with van der Waals surface area (Å²) in [7, 11) is 0. The first kappa shape index (κ1) is 13.9. The number of carboxylic acids is 1. The van der Waals surface area contributed by atoms with Crippen LogP contribution in [0.25, 0.3) is 0 Å². The highest BCUT2D eigenvalue weighted by Gasteiger charge is 2.13. The summed E-state index contributed by atoms with van der Waals surface area (Å²) in [5, 5.41) is 9.11. The number of carbonyl (C=O) groups is 1. The van der Waals surface area contributed by atoms with Gasteiger partial charge in [0, 0.05) is 16.2 Å². The van der Waals surface area contributed by atoms with Crippen LogP contribution in [-0.4, -0.2) is 11.1 Å². The van der Waals surface area contributed by atoms with Crippen molar-refractivity contribution in [3.05, 3.63) is 50.9 Å². The van der Waals surface area contributed by atoms with Gasteiger partial charge in [-0.05, 0) is 46.3 Å². The van der Waals surface area contributed by atoms with E-state index in [0.717, 1.165) is 4.47 Å². The van der Waals surface area contributed by atoms with Crippen LogP contribution in [-0.2, 0) is 0 Å². The molecule has 0 heterocycles. The predicted octanol–water partition coefficient (Wildman–Crippen LogP) is 4.28. The van der Waals surface area contributed by atoms with Crippen LogP contribution in [0.3, 0.4) is 0 Å². The summed E-state index contributed by atoms with van der Waals surface area (Å²) >= 11 is 6.68. The third kappa shape index (κ3) is 3.27. The normalized spacial score (nSPS) is 10.2. The van der Waals surface area contributed by atoms with Crippen molar-refractivity contribution in [2.75, 3.05) is 5.73 Å². The second-order valence-corrected chi connectivity index (χ2v) is 5.51. The summed E-state index contributed by atoms with van der Waals surface area (Å²) in [5.74, 6) is -0.352. The lowest BCUT2D eigenvalue weighted by atomic mass is 10.2. The van der Waals surface area contributed by atoms with Crippen molar-refractivity contribution in [1.82, 2.24) is 0 Å². The smallest absolute Gasteiger partial charge is 0.339 e. The van der Waals surface area contributed by atoms with E-state index in [4.69, 9.17) is 15.6 Å². The number of nitrogens with two attached hydrogens (primary N) is 1. The van der Waals surface area contributed by atoms with Gasteiger partial charge in [0.05, 0.1) is 4.47 Å². The summed E-state index contributed by atoms with van der Waals surface area (Å²) in [6, 6.07) is 9.75. The third-order valence-corrected chi connectivity index (χ3v) is 3.46. The SMILES string of the molecule is Nc1ccc(C(=O)O)c(Oc2ccc(Br)cc2Br)c1. The predicted molar refractivity (Wildman–Crippen MR) is 79.7 cm³/mol. The second-order valence-electron chi connectivity index (χ2n) is 3.74. The fourth-order valence-corrected chi connectivity index (χ4v) is 2.60. The van der Waals surface area contributed by atoms with Crippen molar-refractivity contribution in [3.8, 4) is 11.5 Å². The van der Waals surface area contributed by atoms with Crippen LogP contribution in [0, 0.1) is 0 Å². The van der Waals surface area contributed by atoms with Crippen LogP contribution in [0.4, 0.5) is 5.69 Å². The van der Waals surface area contributed by atoms with Gasteiger partial charge in [0.25, 0.3) is 0 Å². The van der Waals surface area contributed by atoms with E-state index >= 15 is 0 Å². The number of anilines is 1. The van der Waals surface area contributed by atoms with Gasteiger partial charge in [-0.15, -0.1) is 0 Å². The molecule has 0 bridgehead atoms. The van der Waals surface area contributed by atoms with Crippen molar-refractivity contribution >= 4 is 43.5 Å². The standard InChI is InChI=1S/C13H9Br2NO3/c14-7-1-4-11(10(15)5-7)19-12-6-8(16)2-3-9(12)13(17)18/h1-6H,16H2,(H,17,18). The van der Waals surface area contributed by atoms with Gasteiger partial charge in [-0.1, -0.05) is 15.9 Å². The molecule has 0 fully saturated rings. The average Bonchev–Trinajstić information content (AvgIpc) is 2.32. The minimum absolute atomic E-state index is 0.0593. The maximum atomic E-state index is 11.1. The Labute approximate surface area is 126 Å². The van der Waals surface area contributed by atoms with Gasteiger partial charge in [0.15, 0.2) is 0 Å². The lowest BCUT2D eigenvalue weighted by molar-refractivity contribution is 0.0694.